The highest BCUT2D eigenvalue weighted by Crippen LogP contribution is 2.31. The first kappa shape index (κ1) is 64.6. The van der Waals surface area contributed by atoms with E-state index in [1.54, 1.807) is 52.9 Å². The Balaban J connectivity index is 1.25. The maximum Gasteiger partial charge on any atom is 0.415 e. The molecule has 3 fully saturated rings. The Morgan fingerprint density at radius 1 is 0.821 bits per heavy atom. The number of nitrogens with zero attached hydrogens (tertiary/aromatic N) is 7. The minimum Gasteiger partial charge on any atom is -0.410 e. The number of rotatable bonds is 28. The van der Waals surface area contributed by atoms with Crippen LogP contribution in [0.15, 0.2) is 24.3 Å². The summed E-state index contributed by atoms with van der Waals surface area (Å²) in [5.41, 5.74) is 2.47. The molecule has 0 spiro atoms. The van der Waals surface area contributed by atoms with E-state index in [0.717, 1.165) is 24.2 Å². The molecule has 2 aliphatic heterocycles. The van der Waals surface area contributed by atoms with Gasteiger partial charge in [0.2, 0.25) is 33.7 Å². The Labute approximate surface area is 479 Å². The maximum absolute atomic E-state index is 14.5. The van der Waals surface area contributed by atoms with Crippen molar-refractivity contribution in [1.29, 1.82) is 0 Å². The molecule has 24 heteroatoms. The van der Waals surface area contributed by atoms with Gasteiger partial charge in [-0.3, -0.25) is 33.6 Å². The number of methoxy groups -OCH3 is 2. The van der Waals surface area contributed by atoms with Gasteiger partial charge in [-0.2, -0.15) is 0 Å². The van der Waals surface area contributed by atoms with Gasteiger partial charge >= 0.3 is 6.09 Å². The number of likely N-dealkylation sites (tertiary alicyclic amines) is 2. The van der Waals surface area contributed by atoms with Gasteiger partial charge in [-0.1, -0.05) is 104 Å². The molecule has 1 aromatic carbocycles. The predicted octanol–water partition coefficient (Wildman–Crippen LogP) is 5.26. The van der Waals surface area contributed by atoms with Crippen LogP contribution in [0.25, 0.3) is 0 Å². The molecule has 1 saturated carbocycles. The van der Waals surface area contributed by atoms with Crippen LogP contribution in [0.1, 0.15) is 117 Å². The molecule has 2 saturated heterocycles. The van der Waals surface area contributed by atoms with E-state index in [-0.39, 0.29) is 54.1 Å². The summed E-state index contributed by atoms with van der Waals surface area (Å²) in [6.07, 6.45) is 1.98. The number of nitrogens with one attached hydrogen (secondary N) is 3. The highest BCUT2D eigenvalue weighted by atomic mass is 79.9. The number of benzene rings is 1. The molecule has 438 valence electrons. The smallest absolute Gasteiger partial charge is 0.410 e. The largest absolute Gasteiger partial charge is 0.415 e. The number of ether oxygens (including phenoxy) is 3. The first-order chi connectivity index (χ1) is 36.9. The second kappa shape index (κ2) is 29.5. The van der Waals surface area contributed by atoms with Gasteiger partial charge in [0.05, 0.1) is 59.3 Å². The molecule has 21 nitrogen and oxygen atoms in total. The Morgan fingerprint density at radius 3 is 2.01 bits per heavy atom. The Bertz CT molecular complexity index is 2450. The van der Waals surface area contributed by atoms with E-state index in [0.29, 0.717) is 80.4 Å². The van der Waals surface area contributed by atoms with Crippen molar-refractivity contribution < 1.29 is 51.4 Å². The van der Waals surface area contributed by atoms with E-state index in [1.165, 1.54) is 14.2 Å². The number of piperidine rings is 1. The molecule has 78 heavy (non-hydrogen) atoms. The zero-order chi connectivity index (χ0) is 57.8. The highest BCUT2D eigenvalue weighted by Gasteiger charge is 2.44. The summed E-state index contributed by atoms with van der Waals surface area (Å²) < 4.78 is 48.0. The number of hydrogen-bond donors (Lipinski definition) is 3. The molecule has 1 aromatic heterocycles. The van der Waals surface area contributed by atoms with Crippen LogP contribution in [-0.2, 0) is 67.1 Å². The number of aromatic nitrogens is 3. The lowest BCUT2D eigenvalue weighted by Crippen LogP contribution is -2.59. The highest BCUT2D eigenvalue weighted by molar-refractivity contribution is 9.09. The third-order valence-electron chi connectivity index (χ3n) is 15.8. The van der Waals surface area contributed by atoms with E-state index < -0.39 is 81.5 Å². The van der Waals surface area contributed by atoms with Gasteiger partial charge < -0.3 is 39.5 Å². The molecule has 1 aliphatic carbocycles. The van der Waals surface area contributed by atoms with Crippen molar-refractivity contribution in [2.75, 3.05) is 55.0 Å². The van der Waals surface area contributed by atoms with Crippen LogP contribution in [0.2, 0.25) is 0 Å². The third-order valence-corrected chi connectivity index (χ3v) is 18.7. The standard InChI is InChI=1S/C54H86Br2N10O11S/c1-13-34(6)48(63(10)53(71)46(32(2)3)58-52(70)47(33(4)5)62(8)9)44(75-11)28-45(67)65-24-14-15-42(65)49(76-12)35(7)50(68)57-40(51(69)60-78(73,74)39-20-21-39)27-36-16-18-38(19-17-36)77-54(72)64-25-22-37(23-26-64)31-66-43(30-56)41(29-55)59-61-66/h16-19,32-35,37,39-40,42,44,46-49H,13-15,20-31H2,1-12H3,(H,57,68)(H,58,70)(H,60,69)/t34-,35+,40-,42-,44+,46-,47-,48-,49+/m0/s1. The summed E-state index contributed by atoms with van der Waals surface area (Å²) in [5.74, 6) is -2.93. The SMILES string of the molecule is CC[C@H](C)[C@@H]([C@@H](CC(=O)N1CCC[C@H]1[C@H](OC)[C@@H](C)C(=O)N[C@@H](Cc1ccc(OC(=O)N2CCC(Cn3nnc(CBr)c3CBr)CC2)cc1)C(=O)NS(=O)(=O)C1CC1)OC)N(C)C(=O)[C@@H](NC(=O)[C@H](C(C)C)N(C)C)C(C)C. The minimum atomic E-state index is -3.99. The summed E-state index contributed by atoms with van der Waals surface area (Å²) in [7, 11) is 4.36. The van der Waals surface area contributed by atoms with Crippen LogP contribution in [0.5, 0.6) is 5.75 Å². The predicted molar refractivity (Wildman–Crippen MR) is 303 cm³/mol. The molecule has 9 atom stereocenters. The summed E-state index contributed by atoms with van der Waals surface area (Å²) >= 11 is 7.00. The second-order valence-electron chi connectivity index (χ2n) is 22.3. The molecule has 2 aromatic rings. The van der Waals surface area contributed by atoms with Gasteiger partial charge in [-0.05, 0) is 94.0 Å². The van der Waals surface area contributed by atoms with E-state index in [4.69, 9.17) is 14.2 Å². The third kappa shape index (κ3) is 16.7. The van der Waals surface area contributed by atoms with Gasteiger partial charge in [-0.15, -0.1) is 5.10 Å². The summed E-state index contributed by atoms with van der Waals surface area (Å²) in [5, 5.41) is 15.0. The van der Waals surface area contributed by atoms with Crippen LogP contribution < -0.4 is 20.1 Å². The van der Waals surface area contributed by atoms with Crippen LogP contribution in [-0.4, -0.2) is 181 Å². The first-order valence-corrected chi connectivity index (χ1v) is 31.2. The van der Waals surface area contributed by atoms with Crippen molar-refractivity contribution in [2.45, 2.75) is 171 Å². The van der Waals surface area contributed by atoms with Gasteiger partial charge in [0.1, 0.15) is 17.8 Å². The van der Waals surface area contributed by atoms with Crippen molar-refractivity contribution in [3.8, 4) is 5.75 Å². The summed E-state index contributed by atoms with van der Waals surface area (Å²) in [6.45, 7) is 15.5. The first-order valence-electron chi connectivity index (χ1n) is 27.4. The molecule has 3 heterocycles. The molecule has 6 amide bonds. The van der Waals surface area contributed by atoms with Gasteiger partial charge in [0.25, 0.3) is 5.91 Å². The summed E-state index contributed by atoms with van der Waals surface area (Å²) in [4.78, 5) is 90.8. The number of carbonyl (C=O) groups is 6. The van der Waals surface area contributed by atoms with Crippen LogP contribution >= 0.6 is 31.9 Å². The zero-order valence-corrected chi connectivity index (χ0v) is 51.7. The normalized spacial score (nSPS) is 19.4. The number of hydrogen-bond acceptors (Lipinski definition) is 14. The molecule has 0 radical (unpaired) electrons. The lowest BCUT2D eigenvalue weighted by Gasteiger charge is -2.41. The lowest BCUT2D eigenvalue weighted by molar-refractivity contribution is -0.148. The molecule has 3 aliphatic rings. The van der Waals surface area contributed by atoms with E-state index in [1.807, 2.05) is 65.2 Å². The Hall–Kier alpha value is -4.23. The molecule has 0 bridgehead atoms. The number of amides is 6. The number of alkyl halides is 2. The van der Waals surface area contributed by atoms with Crippen molar-refractivity contribution in [2.24, 2.45) is 29.6 Å². The Morgan fingerprint density at radius 2 is 1.47 bits per heavy atom. The van der Waals surface area contributed by atoms with Crippen molar-refractivity contribution in [3.63, 3.8) is 0 Å². The average Bonchev–Trinajstić information content (AvgIpc) is 4.06. The van der Waals surface area contributed by atoms with Crippen LogP contribution in [0.3, 0.4) is 0 Å². The van der Waals surface area contributed by atoms with Crippen molar-refractivity contribution in [1.82, 2.24) is 49.9 Å². The van der Waals surface area contributed by atoms with Crippen LogP contribution in [0.4, 0.5) is 4.79 Å². The zero-order valence-electron chi connectivity index (χ0n) is 47.7. The fourth-order valence-corrected chi connectivity index (χ4v) is 13.4. The van der Waals surface area contributed by atoms with E-state index in [9.17, 15) is 37.2 Å². The topological polar surface area (TPSA) is 244 Å². The van der Waals surface area contributed by atoms with Crippen molar-refractivity contribution in [3.05, 3.63) is 41.2 Å². The minimum absolute atomic E-state index is 0.000265. The van der Waals surface area contributed by atoms with E-state index >= 15 is 0 Å². The van der Waals surface area contributed by atoms with Gasteiger partial charge in [0.15, 0.2) is 0 Å². The molecular formula is C54H86Br2N10O11S. The monoisotopic (exact) mass is 1240 g/mol. The number of carbonyl (C=O) groups excluding carboxylic acids is 6. The van der Waals surface area contributed by atoms with Crippen LogP contribution in [0, 0.1) is 29.6 Å². The summed E-state index contributed by atoms with van der Waals surface area (Å²) in [6, 6.07) is 2.80. The number of likely N-dealkylation sites (N-methyl/N-ethyl adjacent to an activating group) is 2. The molecular weight excluding hydrogens is 1160 g/mol. The molecule has 3 N–H and O–H groups in total. The molecule has 5 rings (SSSR count). The fraction of sp³-hybridized carbons (Fsp3) is 0.741. The maximum atomic E-state index is 14.5. The van der Waals surface area contributed by atoms with Gasteiger partial charge in [0, 0.05) is 64.5 Å². The number of sulfonamides is 1. The van der Waals surface area contributed by atoms with Gasteiger partial charge in [-0.25, -0.2) is 17.9 Å². The second-order valence-corrected chi connectivity index (χ2v) is 25.4. The Kier molecular flexibility index (Phi) is 24.4. The number of halogens is 2. The molecule has 0 unspecified atom stereocenters. The lowest BCUT2D eigenvalue weighted by atomic mass is 9.89. The quantitative estimate of drug-likeness (QED) is 0.0921. The van der Waals surface area contributed by atoms with E-state index in [2.05, 4.69) is 57.5 Å². The fourth-order valence-electron chi connectivity index (χ4n) is 11.0. The average molecular weight is 1240 g/mol. The van der Waals surface area contributed by atoms with Crippen molar-refractivity contribution >= 4 is 77.5 Å².